The molecule has 0 radical (unpaired) electrons. The summed E-state index contributed by atoms with van der Waals surface area (Å²) in [5.74, 6) is -0.332. The van der Waals surface area contributed by atoms with Crippen molar-refractivity contribution in [2.75, 3.05) is 19.5 Å². The largest absolute Gasteiger partial charge is 0.496 e. The van der Waals surface area contributed by atoms with Gasteiger partial charge in [-0.1, -0.05) is 60.1 Å². The molecule has 4 aromatic rings. The Bertz CT molecular complexity index is 1580. The number of ketones is 1. The van der Waals surface area contributed by atoms with E-state index in [-0.39, 0.29) is 28.4 Å². The SMILES string of the molecule is COc1ccc(C(=O)Nc2ccc(Cl)cc2C(=O)c2ccccc2)cc1CN(C)S(=O)(=O)c1ccccc1. The molecule has 4 rings (SSSR count). The number of hydrogen-bond donors (Lipinski definition) is 1. The van der Waals surface area contributed by atoms with Gasteiger partial charge in [0.1, 0.15) is 5.75 Å². The summed E-state index contributed by atoms with van der Waals surface area (Å²) < 4.78 is 32.6. The van der Waals surface area contributed by atoms with Crippen molar-refractivity contribution in [2.24, 2.45) is 0 Å². The normalized spacial score (nSPS) is 11.3. The number of ether oxygens (including phenoxy) is 1. The Balaban J connectivity index is 1.61. The lowest BCUT2D eigenvalue weighted by Crippen LogP contribution is -2.27. The van der Waals surface area contributed by atoms with Gasteiger partial charge in [-0.05, 0) is 48.5 Å². The van der Waals surface area contributed by atoms with Gasteiger partial charge in [-0.3, -0.25) is 9.59 Å². The molecule has 1 amide bonds. The number of anilines is 1. The van der Waals surface area contributed by atoms with Crippen LogP contribution in [0.5, 0.6) is 5.75 Å². The third-order valence-corrected chi connectivity index (χ3v) is 7.95. The molecule has 0 heterocycles. The van der Waals surface area contributed by atoms with Gasteiger partial charge in [-0.2, -0.15) is 4.31 Å². The topological polar surface area (TPSA) is 92.8 Å². The number of methoxy groups -OCH3 is 1. The van der Waals surface area contributed by atoms with E-state index in [2.05, 4.69) is 5.32 Å². The first kappa shape index (κ1) is 27.1. The van der Waals surface area contributed by atoms with E-state index in [1.807, 2.05) is 0 Å². The first-order valence-corrected chi connectivity index (χ1v) is 13.4. The van der Waals surface area contributed by atoms with E-state index in [0.29, 0.717) is 27.6 Å². The minimum absolute atomic E-state index is 0.0276. The fourth-order valence-electron chi connectivity index (χ4n) is 3.89. The summed E-state index contributed by atoms with van der Waals surface area (Å²) in [6.07, 6.45) is 0. The minimum atomic E-state index is -3.76. The standard InChI is InChI=1S/C29H25ClN2O5S/c1-32(38(35,36)24-11-7-4-8-12-24)19-22-17-21(13-16-27(22)37-2)29(34)31-26-15-14-23(30)18-25(26)28(33)20-9-5-3-6-10-20/h3-18H,19H2,1-2H3,(H,31,34). The Labute approximate surface area is 226 Å². The van der Waals surface area contributed by atoms with Gasteiger partial charge in [0.25, 0.3) is 5.91 Å². The molecule has 9 heteroatoms. The number of sulfonamides is 1. The zero-order valence-corrected chi connectivity index (χ0v) is 22.3. The lowest BCUT2D eigenvalue weighted by atomic mass is 10.0. The molecular formula is C29H25ClN2O5S. The summed E-state index contributed by atoms with van der Waals surface area (Å²) >= 11 is 6.15. The summed E-state index contributed by atoms with van der Waals surface area (Å²) in [5, 5.41) is 3.15. The predicted molar refractivity (Wildman–Crippen MR) is 147 cm³/mol. The lowest BCUT2D eigenvalue weighted by molar-refractivity contribution is 0.102. The lowest BCUT2D eigenvalue weighted by Gasteiger charge is -2.19. The number of nitrogens with zero attached hydrogens (tertiary/aromatic N) is 1. The third kappa shape index (κ3) is 5.94. The first-order valence-electron chi connectivity index (χ1n) is 11.6. The monoisotopic (exact) mass is 548 g/mol. The van der Waals surface area contributed by atoms with Crippen LogP contribution in [0.25, 0.3) is 0 Å². The highest BCUT2D eigenvalue weighted by Crippen LogP contribution is 2.27. The molecule has 1 N–H and O–H groups in total. The molecule has 0 spiro atoms. The third-order valence-electron chi connectivity index (χ3n) is 5.90. The maximum atomic E-state index is 13.2. The fraction of sp³-hybridized carbons (Fsp3) is 0.103. The zero-order chi connectivity index (χ0) is 27.3. The van der Waals surface area contributed by atoms with Gasteiger partial charge in [0, 0.05) is 40.9 Å². The highest BCUT2D eigenvalue weighted by atomic mass is 35.5. The molecule has 0 fully saturated rings. The van der Waals surface area contributed by atoms with Crippen LogP contribution in [0.2, 0.25) is 5.02 Å². The van der Waals surface area contributed by atoms with Crippen molar-refractivity contribution in [1.29, 1.82) is 0 Å². The van der Waals surface area contributed by atoms with Crippen LogP contribution in [0.4, 0.5) is 5.69 Å². The second-order valence-corrected chi connectivity index (χ2v) is 10.9. The summed E-state index contributed by atoms with van der Waals surface area (Å²) in [4.78, 5) is 26.5. The molecule has 0 unspecified atom stereocenters. The number of amides is 1. The molecule has 0 saturated heterocycles. The fourth-order valence-corrected chi connectivity index (χ4v) is 5.24. The van der Waals surface area contributed by atoms with E-state index in [1.54, 1.807) is 78.9 Å². The number of rotatable bonds is 9. The molecule has 7 nitrogen and oxygen atoms in total. The number of nitrogens with one attached hydrogen (secondary N) is 1. The average Bonchev–Trinajstić information content (AvgIpc) is 2.94. The van der Waals surface area contributed by atoms with Crippen LogP contribution in [0, 0.1) is 0 Å². The van der Waals surface area contributed by atoms with E-state index >= 15 is 0 Å². The second kappa shape index (κ2) is 11.6. The Kier molecular flexibility index (Phi) is 8.26. The molecule has 4 aromatic carbocycles. The van der Waals surface area contributed by atoms with Gasteiger partial charge in [0.05, 0.1) is 17.7 Å². The molecule has 194 valence electrons. The number of carbonyl (C=O) groups is 2. The molecule has 38 heavy (non-hydrogen) atoms. The van der Waals surface area contributed by atoms with Crippen molar-refractivity contribution in [1.82, 2.24) is 4.31 Å². The molecule has 0 atom stereocenters. The summed E-state index contributed by atoms with van der Waals surface area (Å²) in [7, 11) is -0.828. The van der Waals surface area contributed by atoms with Gasteiger partial charge in [0.15, 0.2) is 5.78 Å². The maximum Gasteiger partial charge on any atom is 0.255 e. The molecule has 0 aliphatic heterocycles. The Morgan fingerprint density at radius 1 is 0.868 bits per heavy atom. The van der Waals surface area contributed by atoms with E-state index in [1.165, 1.54) is 36.7 Å². The Morgan fingerprint density at radius 3 is 2.18 bits per heavy atom. The molecule has 0 aliphatic rings. The summed E-state index contributed by atoms with van der Waals surface area (Å²) in [5.41, 5.74) is 1.77. The molecule has 0 saturated carbocycles. The van der Waals surface area contributed by atoms with E-state index in [0.717, 1.165) is 0 Å². The molecule has 0 aliphatic carbocycles. The van der Waals surface area contributed by atoms with Crippen LogP contribution in [0.15, 0.2) is 102 Å². The summed E-state index contributed by atoms with van der Waals surface area (Å²) in [6.45, 7) is -0.0276. The number of carbonyl (C=O) groups excluding carboxylic acids is 2. The maximum absolute atomic E-state index is 13.2. The quantitative estimate of drug-likeness (QED) is 0.273. The average molecular weight is 549 g/mol. The van der Waals surface area contributed by atoms with Crippen LogP contribution >= 0.6 is 11.6 Å². The molecular weight excluding hydrogens is 524 g/mol. The van der Waals surface area contributed by atoms with Gasteiger partial charge >= 0.3 is 0 Å². The molecule has 0 bridgehead atoms. The van der Waals surface area contributed by atoms with Crippen molar-refractivity contribution in [2.45, 2.75) is 11.4 Å². The van der Waals surface area contributed by atoms with Gasteiger partial charge in [-0.25, -0.2) is 8.42 Å². The van der Waals surface area contributed by atoms with Crippen molar-refractivity contribution in [3.63, 3.8) is 0 Å². The van der Waals surface area contributed by atoms with E-state index in [9.17, 15) is 18.0 Å². The van der Waals surface area contributed by atoms with Crippen LogP contribution < -0.4 is 10.1 Å². The Hall–Kier alpha value is -3.98. The first-order chi connectivity index (χ1) is 18.2. The minimum Gasteiger partial charge on any atom is -0.496 e. The second-order valence-electron chi connectivity index (χ2n) is 8.44. The van der Waals surface area contributed by atoms with Crippen LogP contribution in [0.1, 0.15) is 31.8 Å². The van der Waals surface area contributed by atoms with Crippen LogP contribution in [-0.4, -0.2) is 38.6 Å². The van der Waals surface area contributed by atoms with E-state index < -0.39 is 15.9 Å². The van der Waals surface area contributed by atoms with Crippen molar-refractivity contribution in [3.8, 4) is 5.75 Å². The van der Waals surface area contributed by atoms with Crippen molar-refractivity contribution < 1.29 is 22.7 Å². The van der Waals surface area contributed by atoms with Gasteiger partial charge in [-0.15, -0.1) is 0 Å². The van der Waals surface area contributed by atoms with Crippen LogP contribution in [-0.2, 0) is 16.6 Å². The molecule has 0 aromatic heterocycles. The van der Waals surface area contributed by atoms with E-state index in [4.69, 9.17) is 16.3 Å². The number of benzene rings is 4. The van der Waals surface area contributed by atoms with Crippen molar-refractivity contribution >= 4 is 39.0 Å². The van der Waals surface area contributed by atoms with Crippen LogP contribution in [0.3, 0.4) is 0 Å². The van der Waals surface area contributed by atoms with Gasteiger partial charge < -0.3 is 10.1 Å². The number of hydrogen-bond acceptors (Lipinski definition) is 5. The predicted octanol–water partition coefficient (Wildman–Crippen LogP) is 5.65. The highest BCUT2D eigenvalue weighted by molar-refractivity contribution is 7.89. The number of halogens is 1. The van der Waals surface area contributed by atoms with Gasteiger partial charge in [0.2, 0.25) is 10.0 Å². The Morgan fingerprint density at radius 2 is 1.53 bits per heavy atom. The van der Waals surface area contributed by atoms with Crippen molar-refractivity contribution in [3.05, 3.63) is 124 Å². The zero-order valence-electron chi connectivity index (χ0n) is 20.7. The highest BCUT2D eigenvalue weighted by Gasteiger charge is 2.23. The smallest absolute Gasteiger partial charge is 0.255 e. The summed E-state index contributed by atoms with van der Waals surface area (Å²) in [6, 6.07) is 26.2.